The molecule has 0 aliphatic carbocycles. The van der Waals surface area contributed by atoms with Crippen molar-refractivity contribution in [2.45, 2.75) is 13.8 Å². The minimum atomic E-state index is -0.444. The second-order valence-electron chi connectivity index (χ2n) is 6.42. The second kappa shape index (κ2) is 9.88. The number of hydrogen-bond acceptors (Lipinski definition) is 3. The Hall–Kier alpha value is -1.99. The lowest BCUT2D eigenvalue weighted by Crippen LogP contribution is -2.24. The van der Waals surface area contributed by atoms with Gasteiger partial charge in [-0.15, -0.1) is 0 Å². The van der Waals surface area contributed by atoms with Crippen molar-refractivity contribution >= 4 is 62.9 Å². The maximum Gasteiger partial charge on any atom is 0.277 e. The second-order valence-corrected chi connectivity index (χ2v) is 8.56. The van der Waals surface area contributed by atoms with Crippen molar-refractivity contribution in [2.75, 3.05) is 6.61 Å². The molecule has 1 aromatic heterocycles. The van der Waals surface area contributed by atoms with Gasteiger partial charge in [0.05, 0.1) is 11.2 Å². The molecule has 1 amide bonds. The minimum Gasteiger partial charge on any atom is -0.482 e. The van der Waals surface area contributed by atoms with E-state index < -0.39 is 5.91 Å². The number of amides is 1. The zero-order valence-corrected chi connectivity index (χ0v) is 19.9. The number of nitrogens with zero attached hydrogens (tertiary/aromatic N) is 2. The maximum atomic E-state index is 12.0. The van der Waals surface area contributed by atoms with E-state index in [9.17, 15) is 4.79 Å². The van der Waals surface area contributed by atoms with Gasteiger partial charge in [0, 0.05) is 38.2 Å². The van der Waals surface area contributed by atoms with Gasteiger partial charge in [-0.05, 0) is 50.2 Å². The average molecular weight is 530 g/mol. The Morgan fingerprint density at radius 3 is 2.57 bits per heavy atom. The van der Waals surface area contributed by atoms with Crippen molar-refractivity contribution < 1.29 is 9.53 Å². The molecule has 9 heteroatoms. The van der Waals surface area contributed by atoms with Crippen LogP contribution in [0.3, 0.4) is 0 Å². The zero-order valence-electron chi connectivity index (χ0n) is 16.0. The lowest BCUT2D eigenvalue weighted by molar-refractivity contribution is -0.123. The van der Waals surface area contributed by atoms with Gasteiger partial charge in [0.1, 0.15) is 10.8 Å². The van der Waals surface area contributed by atoms with Crippen molar-refractivity contribution in [3.8, 4) is 11.4 Å². The normalized spacial score (nSPS) is 11.1. The Kier molecular flexibility index (Phi) is 7.47. The molecule has 0 spiro atoms. The molecule has 1 heterocycles. The molecule has 3 rings (SSSR count). The predicted molar refractivity (Wildman–Crippen MR) is 126 cm³/mol. The van der Waals surface area contributed by atoms with Crippen LogP contribution in [-0.2, 0) is 4.79 Å². The molecule has 5 nitrogen and oxygen atoms in total. The van der Waals surface area contributed by atoms with Crippen molar-refractivity contribution in [2.24, 2.45) is 5.10 Å². The predicted octanol–water partition coefficient (Wildman–Crippen LogP) is 6.35. The third-order valence-electron chi connectivity index (χ3n) is 4.27. The highest BCUT2D eigenvalue weighted by atomic mass is 79.9. The van der Waals surface area contributed by atoms with Gasteiger partial charge in [-0.3, -0.25) is 4.79 Å². The summed E-state index contributed by atoms with van der Waals surface area (Å²) < 4.78 is 8.51. The Labute approximate surface area is 197 Å². The number of benzene rings is 2. The first-order chi connectivity index (χ1) is 14.3. The monoisotopic (exact) mass is 527 g/mol. The number of carbonyl (C=O) groups is 1. The maximum absolute atomic E-state index is 12.0. The van der Waals surface area contributed by atoms with Gasteiger partial charge < -0.3 is 9.30 Å². The van der Waals surface area contributed by atoms with E-state index in [0.717, 1.165) is 27.1 Å². The molecular weight excluding hydrogens is 513 g/mol. The van der Waals surface area contributed by atoms with E-state index in [-0.39, 0.29) is 22.4 Å². The van der Waals surface area contributed by atoms with E-state index in [2.05, 4.69) is 31.0 Å². The summed E-state index contributed by atoms with van der Waals surface area (Å²) in [6.45, 7) is 3.72. The topological polar surface area (TPSA) is 55.6 Å². The standard InChI is InChI=1S/C21H17BrCl3N3O2/c1-12-7-14(13(2)28(12)17-5-3-15(22)4-6-17)10-26-27-20(29)11-30-19-9-16(23)8-18(24)21(19)25/h3-10H,11H2,1-2H3,(H,27,29)/b26-10-. The molecule has 0 atom stereocenters. The Morgan fingerprint density at radius 1 is 1.17 bits per heavy atom. The molecule has 0 aliphatic rings. The molecule has 0 fully saturated rings. The Balaban J connectivity index is 1.64. The number of aromatic nitrogens is 1. The summed E-state index contributed by atoms with van der Waals surface area (Å²) in [6.07, 6.45) is 1.60. The zero-order chi connectivity index (χ0) is 21.8. The van der Waals surface area contributed by atoms with Gasteiger partial charge in [0.2, 0.25) is 0 Å². The van der Waals surface area contributed by atoms with Gasteiger partial charge in [0.15, 0.2) is 6.61 Å². The molecule has 0 saturated heterocycles. The van der Waals surface area contributed by atoms with Crippen LogP contribution in [0.1, 0.15) is 17.0 Å². The largest absolute Gasteiger partial charge is 0.482 e. The van der Waals surface area contributed by atoms with Crippen LogP contribution < -0.4 is 10.2 Å². The lowest BCUT2D eigenvalue weighted by atomic mass is 10.2. The van der Waals surface area contributed by atoms with Crippen molar-refractivity contribution in [3.63, 3.8) is 0 Å². The quantitative estimate of drug-likeness (QED) is 0.230. The molecule has 2 aromatic carbocycles. The summed E-state index contributed by atoms with van der Waals surface area (Å²) in [7, 11) is 0. The summed E-state index contributed by atoms with van der Waals surface area (Å²) >= 11 is 21.4. The number of aryl methyl sites for hydroxylation is 1. The molecule has 0 unspecified atom stereocenters. The fraction of sp³-hybridized carbons (Fsp3) is 0.143. The van der Waals surface area contributed by atoms with Crippen LogP contribution in [0.15, 0.2) is 52.0 Å². The minimum absolute atomic E-state index is 0.192. The smallest absolute Gasteiger partial charge is 0.277 e. The number of hydrazone groups is 1. The molecular formula is C21H17BrCl3N3O2. The number of nitrogens with one attached hydrogen (secondary N) is 1. The fourth-order valence-electron chi connectivity index (χ4n) is 2.89. The van der Waals surface area contributed by atoms with E-state index in [4.69, 9.17) is 39.5 Å². The number of hydrogen-bond donors (Lipinski definition) is 1. The van der Waals surface area contributed by atoms with E-state index in [0.29, 0.717) is 5.02 Å². The van der Waals surface area contributed by atoms with Crippen LogP contribution >= 0.6 is 50.7 Å². The summed E-state index contributed by atoms with van der Waals surface area (Å²) in [6, 6.07) is 13.0. The van der Waals surface area contributed by atoms with Crippen LogP contribution in [0.2, 0.25) is 15.1 Å². The van der Waals surface area contributed by atoms with Gasteiger partial charge in [-0.2, -0.15) is 5.10 Å². The summed E-state index contributed by atoms with van der Waals surface area (Å²) in [5.74, 6) is -0.216. The number of halogens is 4. The van der Waals surface area contributed by atoms with Gasteiger partial charge in [0.25, 0.3) is 5.91 Å². The first-order valence-corrected chi connectivity index (χ1v) is 10.7. The van der Waals surface area contributed by atoms with E-state index in [1.54, 1.807) is 6.21 Å². The molecule has 0 aliphatic heterocycles. The molecule has 30 heavy (non-hydrogen) atoms. The van der Waals surface area contributed by atoms with Gasteiger partial charge >= 0.3 is 0 Å². The van der Waals surface area contributed by atoms with Crippen LogP contribution in [-0.4, -0.2) is 23.3 Å². The first kappa shape index (κ1) is 22.7. The number of carbonyl (C=O) groups excluding carboxylic acids is 1. The van der Waals surface area contributed by atoms with Crippen LogP contribution in [0.5, 0.6) is 5.75 Å². The Bertz CT molecular complexity index is 1110. The summed E-state index contributed by atoms with van der Waals surface area (Å²) in [5.41, 5.74) is 6.43. The first-order valence-electron chi connectivity index (χ1n) is 8.80. The summed E-state index contributed by atoms with van der Waals surface area (Å²) in [4.78, 5) is 12.0. The third-order valence-corrected chi connectivity index (χ3v) is 5.80. The van der Waals surface area contributed by atoms with E-state index in [1.807, 2.05) is 44.2 Å². The highest BCUT2D eigenvalue weighted by Crippen LogP contribution is 2.35. The molecule has 0 radical (unpaired) electrons. The highest BCUT2D eigenvalue weighted by molar-refractivity contribution is 9.10. The molecule has 156 valence electrons. The fourth-order valence-corrected chi connectivity index (χ4v) is 3.80. The SMILES string of the molecule is Cc1cc(/C=N\NC(=O)COc2cc(Cl)cc(Cl)c2Cl)c(C)n1-c1ccc(Br)cc1. The van der Waals surface area contributed by atoms with Crippen molar-refractivity contribution in [1.29, 1.82) is 0 Å². The molecule has 0 saturated carbocycles. The van der Waals surface area contributed by atoms with Crippen LogP contribution in [0.4, 0.5) is 0 Å². The number of ether oxygens (including phenoxy) is 1. The Morgan fingerprint density at radius 2 is 1.87 bits per heavy atom. The molecule has 3 aromatic rings. The van der Waals surface area contributed by atoms with E-state index in [1.165, 1.54) is 12.1 Å². The molecule has 1 N–H and O–H groups in total. The van der Waals surface area contributed by atoms with Gasteiger partial charge in [-0.25, -0.2) is 5.43 Å². The number of rotatable bonds is 6. The molecule has 0 bridgehead atoms. The third kappa shape index (κ3) is 5.38. The van der Waals surface area contributed by atoms with Crippen LogP contribution in [0, 0.1) is 13.8 Å². The van der Waals surface area contributed by atoms with Crippen molar-refractivity contribution in [1.82, 2.24) is 9.99 Å². The highest BCUT2D eigenvalue weighted by Gasteiger charge is 2.11. The van der Waals surface area contributed by atoms with Crippen molar-refractivity contribution in [3.05, 3.63) is 79.0 Å². The summed E-state index contributed by atoms with van der Waals surface area (Å²) in [5, 5.41) is 4.83. The van der Waals surface area contributed by atoms with Crippen LogP contribution in [0.25, 0.3) is 5.69 Å². The van der Waals surface area contributed by atoms with Gasteiger partial charge in [-0.1, -0.05) is 50.7 Å². The van der Waals surface area contributed by atoms with E-state index >= 15 is 0 Å². The average Bonchev–Trinajstić information content (AvgIpc) is 2.97. The lowest BCUT2D eigenvalue weighted by Gasteiger charge is -2.09.